The fourth-order valence-electron chi connectivity index (χ4n) is 1.96. The van der Waals surface area contributed by atoms with E-state index in [9.17, 15) is 4.79 Å². The number of anilines is 2. The highest BCUT2D eigenvalue weighted by atomic mass is 16.5. The first-order valence-electron chi connectivity index (χ1n) is 6.43. The van der Waals surface area contributed by atoms with Gasteiger partial charge in [-0.1, -0.05) is 19.1 Å². The average molecular weight is 273 g/mol. The zero-order chi connectivity index (χ0) is 13.9. The molecule has 0 amide bonds. The Kier molecular flexibility index (Phi) is 3.26. The van der Waals surface area contributed by atoms with Crippen LogP contribution in [-0.2, 0) is 0 Å². The van der Waals surface area contributed by atoms with E-state index in [1.54, 1.807) is 0 Å². The molecule has 3 rings (SSSR count). The summed E-state index contributed by atoms with van der Waals surface area (Å²) >= 11 is 0. The Hall–Kier alpha value is -2.54. The Bertz CT molecular complexity index is 683. The number of hydrazine groups is 2. The van der Waals surface area contributed by atoms with Gasteiger partial charge in [0.15, 0.2) is 11.5 Å². The van der Waals surface area contributed by atoms with Crippen LogP contribution in [0.4, 0.5) is 11.5 Å². The van der Waals surface area contributed by atoms with Gasteiger partial charge in [-0.05, 0) is 18.6 Å². The first-order valence-corrected chi connectivity index (χ1v) is 6.43. The lowest BCUT2D eigenvalue weighted by Crippen LogP contribution is -2.21. The molecule has 2 aromatic rings. The molecule has 20 heavy (non-hydrogen) atoms. The third-order valence-electron chi connectivity index (χ3n) is 2.89. The van der Waals surface area contributed by atoms with Crippen LogP contribution in [0, 0.1) is 0 Å². The van der Waals surface area contributed by atoms with Crippen LogP contribution in [0.3, 0.4) is 0 Å². The summed E-state index contributed by atoms with van der Waals surface area (Å²) in [4.78, 5) is 19.1. The van der Waals surface area contributed by atoms with E-state index in [1.807, 2.05) is 31.2 Å². The second-order valence-electron chi connectivity index (χ2n) is 4.36. The van der Waals surface area contributed by atoms with Crippen molar-refractivity contribution in [3.05, 3.63) is 34.6 Å². The van der Waals surface area contributed by atoms with Gasteiger partial charge in [-0.15, -0.1) is 5.53 Å². The van der Waals surface area contributed by atoms with Crippen LogP contribution >= 0.6 is 0 Å². The minimum absolute atomic E-state index is 0.243. The number of ether oxygens (including phenoxy) is 1. The zero-order valence-electron chi connectivity index (χ0n) is 11.0. The number of aromatic amines is 1. The molecule has 1 aromatic carbocycles. The van der Waals surface area contributed by atoms with E-state index in [1.165, 1.54) is 0 Å². The normalized spacial score (nSPS) is 12.4. The molecule has 0 unspecified atom stereocenters. The summed E-state index contributed by atoms with van der Waals surface area (Å²) in [5.74, 6) is 1.64. The first kappa shape index (κ1) is 12.5. The van der Waals surface area contributed by atoms with Crippen molar-refractivity contribution in [3.8, 4) is 17.1 Å². The highest BCUT2D eigenvalue weighted by Gasteiger charge is 2.18. The lowest BCUT2D eigenvalue weighted by atomic mass is 10.2. The molecule has 0 saturated carbocycles. The van der Waals surface area contributed by atoms with Gasteiger partial charge in [-0.3, -0.25) is 15.6 Å². The molecule has 1 aliphatic heterocycles. The van der Waals surface area contributed by atoms with Gasteiger partial charge in [-0.2, -0.15) is 0 Å². The topological polar surface area (TPSA) is 91.1 Å². The fourth-order valence-corrected chi connectivity index (χ4v) is 1.96. The molecule has 0 saturated heterocycles. The molecule has 1 aliphatic rings. The van der Waals surface area contributed by atoms with Gasteiger partial charge in [0.05, 0.1) is 12.2 Å². The molecule has 0 spiro atoms. The Morgan fingerprint density at radius 1 is 1.25 bits per heavy atom. The van der Waals surface area contributed by atoms with E-state index in [0.717, 1.165) is 12.0 Å². The summed E-state index contributed by atoms with van der Waals surface area (Å²) in [6.45, 7) is 2.66. The monoisotopic (exact) mass is 273 g/mol. The maximum atomic E-state index is 12.0. The number of rotatable bonds is 4. The Balaban J connectivity index is 2.05. The summed E-state index contributed by atoms with van der Waals surface area (Å²) in [7, 11) is 0. The van der Waals surface area contributed by atoms with Crippen LogP contribution in [-0.4, -0.2) is 16.6 Å². The van der Waals surface area contributed by atoms with Crippen molar-refractivity contribution in [3.63, 3.8) is 0 Å². The average Bonchev–Trinajstić information content (AvgIpc) is 2.94. The number of hydrogen-bond acceptors (Lipinski definition) is 6. The standard InChI is InChI=1S/C13H15N5O2/c1-2-7-20-9-6-4-3-5-8(9)11-14-12-10(13(19)15-11)16-18-17-12/h3-6,16,18H,2,7H2,1H3,(H2,14,15,17,19). The molecule has 7 nitrogen and oxygen atoms in total. The van der Waals surface area contributed by atoms with Gasteiger partial charge in [-0.25, -0.2) is 4.98 Å². The summed E-state index contributed by atoms with van der Waals surface area (Å²) in [5.41, 5.74) is 9.01. The lowest BCUT2D eigenvalue weighted by Gasteiger charge is -2.10. The van der Waals surface area contributed by atoms with Gasteiger partial charge in [0, 0.05) is 0 Å². The molecule has 2 heterocycles. The highest BCUT2D eigenvalue weighted by Crippen LogP contribution is 2.28. The number of hydrogen-bond donors (Lipinski definition) is 4. The number of nitrogens with one attached hydrogen (secondary N) is 4. The minimum Gasteiger partial charge on any atom is -0.493 e. The minimum atomic E-state index is -0.243. The Morgan fingerprint density at radius 2 is 2.10 bits per heavy atom. The lowest BCUT2D eigenvalue weighted by molar-refractivity contribution is 0.318. The molecular weight excluding hydrogens is 258 g/mol. The maximum Gasteiger partial charge on any atom is 0.278 e. The van der Waals surface area contributed by atoms with E-state index in [2.05, 4.69) is 26.4 Å². The number of para-hydroxylation sites is 1. The van der Waals surface area contributed by atoms with Crippen LogP contribution in [0.5, 0.6) is 5.75 Å². The first-order chi connectivity index (χ1) is 9.79. The van der Waals surface area contributed by atoms with Crippen molar-refractivity contribution in [2.24, 2.45) is 0 Å². The second-order valence-corrected chi connectivity index (χ2v) is 4.36. The van der Waals surface area contributed by atoms with Crippen LogP contribution < -0.4 is 26.7 Å². The Morgan fingerprint density at radius 3 is 2.95 bits per heavy atom. The van der Waals surface area contributed by atoms with Gasteiger partial charge in [0.1, 0.15) is 11.6 Å². The molecule has 0 atom stereocenters. The molecule has 4 N–H and O–H groups in total. The van der Waals surface area contributed by atoms with Crippen molar-refractivity contribution in [2.45, 2.75) is 13.3 Å². The number of H-pyrrole nitrogens is 1. The molecule has 0 bridgehead atoms. The van der Waals surface area contributed by atoms with E-state index >= 15 is 0 Å². The summed E-state index contributed by atoms with van der Waals surface area (Å²) in [6.07, 6.45) is 0.915. The second kappa shape index (κ2) is 5.22. The van der Waals surface area contributed by atoms with Crippen LogP contribution in [0.15, 0.2) is 29.1 Å². The smallest absolute Gasteiger partial charge is 0.278 e. The van der Waals surface area contributed by atoms with Gasteiger partial charge in [0.2, 0.25) is 0 Å². The van der Waals surface area contributed by atoms with E-state index in [4.69, 9.17) is 4.74 Å². The largest absolute Gasteiger partial charge is 0.493 e. The quantitative estimate of drug-likeness (QED) is 0.674. The molecule has 0 fully saturated rings. The zero-order valence-corrected chi connectivity index (χ0v) is 11.0. The van der Waals surface area contributed by atoms with Gasteiger partial charge in [0.25, 0.3) is 5.56 Å². The van der Waals surface area contributed by atoms with E-state index in [0.29, 0.717) is 29.7 Å². The van der Waals surface area contributed by atoms with E-state index < -0.39 is 0 Å². The molecular formula is C13H15N5O2. The van der Waals surface area contributed by atoms with Crippen molar-refractivity contribution in [2.75, 3.05) is 17.5 Å². The molecule has 7 heteroatoms. The SMILES string of the molecule is CCCOc1ccccc1-c1nc2c(c(=O)[nH]1)NNN2. The molecule has 0 radical (unpaired) electrons. The van der Waals surface area contributed by atoms with Crippen molar-refractivity contribution >= 4 is 11.5 Å². The number of benzene rings is 1. The van der Waals surface area contributed by atoms with Crippen molar-refractivity contribution in [1.29, 1.82) is 0 Å². The third-order valence-corrected chi connectivity index (χ3v) is 2.89. The number of fused-ring (bicyclic) bond motifs is 1. The summed E-state index contributed by atoms with van der Waals surface area (Å²) < 4.78 is 5.69. The van der Waals surface area contributed by atoms with Crippen molar-refractivity contribution in [1.82, 2.24) is 15.5 Å². The van der Waals surface area contributed by atoms with Gasteiger partial charge >= 0.3 is 0 Å². The Labute approximate surface area is 115 Å². The third kappa shape index (κ3) is 2.19. The number of nitrogens with zero attached hydrogens (tertiary/aromatic N) is 1. The van der Waals surface area contributed by atoms with Crippen LogP contribution in [0.2, 0.25) is 0 Å². The highest BCUT2D eigenvalue weighted by molar-refractivity contribution is 5.71. The van der Waals surface area contributed by atoms with Crippen LogP contribution in [0.1, 0.15) is 13.3 Å². The maximum absolute atomic E-state index is 12.0. The molecule has 0 aliphatic carbocycles. The fraction of sp³-hybridized carbons (Fsp3) is 0.231. The van der Waals surface area contributed by atoms with Crippen LogP contribution in [0.25, 0.3) is 11.4 Å². The van der Waals surface area contributed by atoms with Gasteiger partial charge < -0.3 is 9.72 Å². The predicted octanol–water partition coefficient (Wildman–Crippen LogP) is 1.48. The summed E-state index contributed by atoms with van der Waals surface area (Å²) in [5, 5.41) is 0. The summed E-state index contributed by atoms with van der Waals surface area (Å²) in [6, 6.07) is 7.50. The van der Waals surface area contributed by atoms with Crippen molar-refractivity contribution < 1.29 is 4.74 Å². The number of aromatic nitrogens is 2. The molecule has 104 valence electrons. The molecule has 1 aromatic heterocycles. The van der Waals surface area contributed by atoms with E-state index in [-0.39, 0.29) is 5.56 Å². The predicted molar refractivity (Wildman–Crippen MR) is 76.5 cm³/mol.